The molecule has 0 saturated heterocycles. The predicted molar refractivity (Wildman–Crippen MR) is 141 cm³/mol. The number of allylic oxidation sites excluding steroid dienone is 1. The molecule has 0 radical (unpaired) electrons. The van der Waals surface area contributed by atoms with E-state index >= 15 is 0 Å². The Morgan fingerprint density at radius 2 is 1.76 bits per heavy atom. The van der Waals surface area contributed by atoms with Gasteiger partial charge < -0.3 is 25.6 Å². The average molecular weight is 503 g/mol. The summed E-state index contributed by atoms with van der Waals surface area (Å²) in [4.78, 5) is 29.4. The lowest BCUT2D eigenvalue weighted by Crippen LogP contribution is -2.37. The van der Waals surface area contributed by atoms with Crippen LogP contribution in [0.4, 0.5) is 5.69 Å². The quantitative estimate of drug-likeness (QED) is 0.346. The molecule has 0 atom stereocenters. The van der Waals surface area contributed by atoms with Gasteiger partial charge in [-0.2, -0.15) is 0 Å². The Kier molecular flexibility index (Phi) is 8.66. The second kappa shape index (κ2) is 12.5. The van der Waals surface area contributed by atoms with Crippen molar-refractivity contribution in [3.63, 3.8) is 0 Å². The van der Waals surface area contributed by atoms with Crippen molar-refractivity contribution in [1.29, 1.82) is 0 Å². The molecule has 5 N–H and O–H groups in total. The zero-order valence-corrected chi connectivity index (χ0v) is 20.6. The van der Waals surface area contributed by atoms with Crippen LogP contribution in [-0.2, 0) is 11.3 Å². The third-order valence-corrected chi connectivity index (χ3v) is 5.65. The van der Waals surface area contributed by atoms with E-state index in [1.807, 2.05) is 42.5 Å². The molecule has 0 saturated carbocycles. The van der Waals surface area contributed by atoms with E-state index in [2.05, 4.69) is 32.2 Å². The van der Waals surface area contributed by atoms with E-state index in [9.17, 15) is 9.59 Å². The number of rotatable bonds is 0. The number of nitrogens with one attached hydrogen (secondary N) is 3. The lowest BCUT2D eigenvalue weighted by Gasteiger charge is -2.08. The molecule has 2 aromatic carbocycles. The summed E-state index contributed by atoms with van der Waals surface area (Å²) in [5, 5.41) is 12.7. The van der Waals surface area contributed by atoms with Crippen molar-refractivity contribution in [2.24, 2.45) is 10.7 Å². The minimum absolute atomic E-state index is 0.0294. The summed E-state index contributed by atoms with van der Waals surface area (Å²) in [5.74, 6) is 0.453. The number of carbonyl (C=O) groups excluding carboxylic acids is 2. The summed E-state index contributed by atoms with van der Waals surface area (Å²) in [6, 6.07) is 14.5. The first kappa shape index (κ1) is 25.6. The highest BCUT2D eigenvalue weighted by Gasteiger charge is 2.22. The van der Waals surface area contributed by atoms with E-state index in [1.165, 1.54) is 0 Å². The van der Waals surface area contributed by atoms with Crippen molar-refractivity contribution in [3.05, 3.63) is 77.6 Å². The van der Waals surface area contributed by atoms with Gasteiger partial charge in [-0.1, -0.05) is 29.4 Å². The van der Waals surface area contributed by atoms with Crippen molar-refractivity contribution < 1.29 is 18.8 Å². The first-order chi connectivity index (χ1) is 18.0. The summed E-state index contributed by atoms with van der Waals surface area (Å²) in [6.45, 7) is 3.32. The third kappa shape index (κ3) is 7.28. The molecular formula is C27H30N6O4. The Morgan fingerprint density at radius 3 is 2.54 bits per heavy atom. The number of guanidine groups is 1. The number of aliphatic imine (C=N–C) groups is 1. The maximum atomic E-state index is 13.0. The van der Waals surface area contributed by atoms with Crippen LogP contribution in [0.2, 0.25) is 0 Å². The maximum absolute atomic E-state index is 13.0. The number of hydrogen-bond donors (Lipinski definition) is 4. The fourth-order valence-electron chi connectivity index (χ4n) is 3.72. The molecule has 4 bridgehead atoms. The van der Waals surface area contributed by atoms with Crippen LogP contribution in [0.25, 0.3) is 11.3 Å². The molecular weight excluding hydrogens is 472 g/mol. The number of anilines is 1. The monoisotopic (exact) mass is 502 g/mol. The zero-order chi connectivity index (χ0) is 26.0. The predicted octanol–water partition coefficient (Wildman–Crippen LogP) is 3.15. The van der Waals surface area contributed by atoms with E-state index in [0.29, 0.717) is 35.1 Å². The van der Waals surface area contributed by atoms with Crippen LogP contribution in [-0.4, -0.2) is 42.6 Å². The number of ether oxygens (including phenoxy) is 1. The number of benzene rings is 2. The molecule has 4 aliphatic heterocycles. The molecule has 5 heterocycles. The van der Waals surface area contributed by atoms with Crippen LogP contribution < -0.4 is 26.4 Å². The van der Waals surface area contributed by atoms with Crippen molar-refractivity contribution in [3.8, 4) is 17.0 Å². The lowest BCUT2D eigenvalue weighted by molar-refractivity contribution is -0.115. The van der Waals surface area contributed by atoms with Crippen LogP contribution >= 0.6 is 0 Å². The van der Waals surface area contributed by atoms with E-state index in [4.69, 9.17) is 15.0 Å². The number of aromatic nitrogens is 1. The van der Waals surface area contributed by atoms with Crippen LogP contribution in [0.15, 0.2) is 70.2 Å². The number of nitrogens with zero attached hydrogens (tertiary/aromatic N) is 2. The fraction of sp³-hybridized carbons (Fsp3) is 0.259. The first-order valence-corrected chi connectivity index (χ1v) is 12.0. The molecule has 0 spiro atoms. The number of aryl methyl sites for hydroxylation is 1. The molecule has 0 unspecified atom stereocenters. The van der Waals surface area contributed by atoms with Gasteiger partial charge in [0.2, 0.25) is 5.91 Å². The van der Waals surface area contributed by atoms with Crippen molar-refractivity contribution in [1.82, 2.24) is 15.8 Å². The van der Waals surface area contributed by atoms with E-state index in [0.717, 1.165) is 24.9 Å². The lowest BCUT2D eigenvalue weighted by atomic mass is 10.1. The second-order valence-electron chi connectivity index (χ2n) is 8.49. The topological polar surface area (TPSA) is 144 Å². The van der Waals surface area contributed by atoms with Gasteiger partial charge in [-0.05, 0) is 68.3 Å². The maximum Gasteiger partial charge on any atom is 0.263 e. The standard InChI is InChI=1S/C27H30N6O4/c1-18-24-25(33-37-18)20-8-12-22(13-9-20)36-15-5-3-2-4-14-29-17-23(34)31-21-10-6-19(7-11-21)16-30-27(28)32-26(24)35/h3,5-13,29H,2,4,14-17H2,1H3,(H,31,34)(H3,28,30,32,35)/b5-3-. The van der Waals surface area contributed by atoms with Gasteiger partial charge in [0.15, 0.2) is 5.96 Å². The SMILES string of the molecule is Cc1onc2c1C(=O)NC(N)=NCc1ccc(cc1)NC(=O)CNCCC/C=C\COc1ccc-2cc1. The number of hydrogen-bond acceptors (Lipinski definition) is 8. The van der Waals surface area contributed by atoms with Crippen LogP contribution in [0, 0.1) is 6.92 Å². The summed E-state index contributed by atoms with van der Waals surface area (Å²) in [5.41, 5.74) is 8.93. The molecule has 37 heavy (non-hydrogen) atoms. The van der Waals surface area contributed by atoms with Crippen LogP contribution in [0.5, 0.6) is 5.75 Å². The summed E-state index contributed by atoms with van der Waals surface area (Å²) in [7, 11) is 0. The van der Waals surface area contributed by atoms with Gasteiger partial charge in [-0.3, -0.25) is 14.9 Å². The fourth-order valence-corrected chi connectivity index (χ4v) is 3.72. The Balaban J connectivity index is 1.52. The smallest absolute Gasteiger partial charge is 0.263 e. The molecule has 10 nitrogen and oxygen atoms in total. The van der Waals surface area contributed by atoms with Crippen molar-refractivity contribution >= 4 is 23.5 Å². The van der Waals surface area contributed by atoms with E-state index < -0.39 is 5.91 Å². The Labute approximate surface area is 215 Å². The Hall–Kier alpha value is -4.44. The van der Waals surface area contributed by atoms with Crippen molar-refractivity contribution in [2.75, 3.05) is 25.0 Å². The number of carbonyl (C=O) groups is 2. The normalized spacial score (nSPS) is 16.7. The molecule has 2 amide bonds. The third-order valence-electron chi connectivity index (χ3n) is 5.65. The van der Waals surface area contributed by atoms with Gasteiger partial charge in [0.1, 0.15) is 29.4 Å². The van der Waals surface area contributed by atoms with Crippen LogP contribution in [0.3, 0.4) is 0 Å². The van der Waals surface area contributed by atoms with E-state index in [-0.39, 0.29) is 30.5 Å². The van der Waals surface area contributed by atoms with Crippen LogP contribution in [0.1, 0.15) is 34.5 Å². The minimum atomic E-state index is -0.464. The number of amides is 2. The van der Waals surface area contributed by atoms with Gasteiger partial charge in [0, 0.05) is 11.3 Å². The molecule has 4 aliphatic rings. The molecule has 0 aliphatic carbocycles. The Bertz CT molecular complexity index is 1280. The minimum Gasteiger partial charge on any atom is -0.490 e. The molecule has 3 aromatic rings. The van der Waals surface area contributed by atoms with Gasteiger partial charge in [0.25, 0.3) is 5.91 Å². The van der Waals surface area contributed by atoms with Crippen molar-refractivity contribution in [2.45, 2.75) is 26.3 Å². The van der Waals surface area contributed by atoms with Gasteiger partial charge >= 0.3 is 0 Å². The summed E-state index contributed by atoms with van der Waals surface area (Å²) in [6.07, 6.45) is 5.80. The number of nitrogens with two attached hydrogens (primary N) is 1. The van der Waals surface area contributed by atoms with E-state index in [1.54, 1.807) is 19.1 Å². The molecule has 1 aromatic heterocycles. The highest BCUT2D eigenvalue weighted by molar-refractivity contribution is 6.08. The Morgan fingerprint density at radius 1 is 0.973 bits per heavy atom. The second-order valence-corrected chi connectivity index (χ2v) is 8.49. The molecule has 192 valence electrons. The highest BCUT2D eigenvalue weighted by atomic mass is 16.5. The summed E-state index contributed by atoms with van der Waals surface area (Å²) < 4.78 is 11.1. The van der Waals surface area contributed by atoms with Gasteiger partial charge in [-0.15, -0.1) is 0 Å². The van der Waals surface area contributed by atoms with Gasteiger partial charge in [0.05, 0.1) is 13.1 Å². The molecule has 0 fully saturated rings. The summed E-state index contributed by atoms with van der Waals surface area (Å²) >= 11 is 0. The first-order valence-electron chi connectivity index (χ1n) is 12.0. The zero-order valence-electron chi connectivity index (χ0n) is 20.6. The average Bonchev–Trinajstić information content (AvgIpc) is 3.28. The van der Waals surface area contributed by atoms with Gasteiger partial charge in [-0.25, -0.2) is 4.99 Å². The molecule has 10 heteroatoms. The highest BCUT2D eigenvalue weighted by Crippen LogP contribution is 2.27. The largest absolute Gasteiger partial charge is 0.490 e. The molecule has 7 rings (SSSR count).